The Balaban J connectivity index is 2.24. The molecule has 0 bridgehead atoms. The standard InChI is InChI=1S/C12H16FNO2S/c1-9-7-10(13)4-5-12(9)17(15,16)8-11-3-2-6-14-11/h4-5,7,11,14H,2-3,6,8H2,1H3. The number of sulfone groups is 1. The molecule has 0 radical (unpaired) electrons. The summed E-state index contributed by atoms with van der Waals surface area (Å²) in [5.41, 5.74) is 0.475. The molecule has 0 spiro atoms. The predicted octanol–water partition coefficient (Wildman–Crippen LogP) is 1.66. The molecule has 0 amide bonds. The number of halogens is 1. The summed E-state index contributed by atoms with van der Waals surface area (Å²) < 4.78 is 37.2. The van der Waals surface area contributed by atoms with Crippen molar-refractivity contribution in [3.05, 3.63) is 29.6 Å². The van der Waals surface area contributed by atoms with Crippen molar-refractivity contribution in [1.82, 2.24) is 5.32 Å². The van der Waals surface area contributed by atoms with Crippen LogP contribution in [0.15, 0.2) is 23.1 Å². The van der Waals surface area contributed by atoms with Crippen molar-refractivity contribution in [3.63, 3.8) is 0 Å². The third-order valence-electron chi connectivity index (χ3n) is 3.06. The molecule has 0 aromatic heterocycles. The summed E-state index contributed by atoms with van der Waals surface area (Å²) in [6.45, 7) is 2.50. The molecule has 94 valence electrons. The van der Waals surface area contributed by atoms with Gasteiger partial charge in [0.1, 0.15) is 5.82 Å². The van der Waals surface area contributed by atoms with Crippen LogP contribution in [0.4, 0.5) is 4.39 Å². The average molecular weight is 257 g/mol. The molecule has 1 unspecified atom stereocenters. The first-order chi connectivity index (χ1) is 7.99. The normalized spacial score (nSPS) is 20.7. The van der Waals surface area contributed by atoms with Crippen LogP contribution in [-0.4, -0.2) is 26.8 Å². The molecule has 17 heavy (non-hydrogen) atoms. The zero-order valence-corrected chi connectivity index (χ0v) is 10.6. The molecule has 1 saturated heterocycles. The van der Waals surface area contributed by atoms with Crippen LogP contribution < -0.4 is 5.32 Å². The van der Waals surface area contributed by atoms with Crippen molar-refractivity contribution < 1.29 is 12.8 Å². The van der Waals surface area contributed by atoms with Crippen LogP contribution in [0.3, 0.4) is 0 Å². The Hall–Kier alpha value is -0.940. The van der Waals surface area contributed by atoms with Crippen molar-refractivity contribution in [2.24, 2.45) is 0 Å². The van der Waals surface area contributed by atoms with E-state index in [0.717, 1.165) is 19.4 Å². The lowest BCUT2D eigenvalue weighted by Crippen LogP contribution is -2.30. The molecule has 1 atom stereocenters. The van der Waals surface area contributed by atoms with Gasteiger partial charge in [-0.25, -0.2) is 12.8 Å². The number of hydrogen-bond acceptors (Lipinski definition) is 3. The van der Waals surface area contributed by atoms with Crippen molar-refractivity contribution in [2.75, 3.05) is 12.3 Å². The molecule has 1 fully saturated rings. The smallest absolute Gasteiger partial charge is 0.180 e. The van der Waals surface area contributed by atoms with Crippen LogP contribution in [-0.2, 0) is 9.84 Å². The minimum absolute atomic E-state index is 0.0319. The number of nitrogens with one attached hydrogen (secondary N) is 1. The van der Waals surface area contributed by atoms with Crippen LogP contribution in [0.2, 0.25) is 0 Å². The molecule has 1 aliphatic rings. The highest BCUT2D eigenvalue weighted by molar-refractivity contribution is 7.91. The molecule has 0 saturated carbocycles. The zero-order chi connectivity index (χ0) is 12.5. The highest BCUT2D eigenvalue weighted by Gasteiger charge is 2.24. The summed E-state index contributed by atoms with van der Waals surface area (Å²) in [7, 11) is -3.32. The van der Waals surface area contributed by atoms with Gasteiger partial charge in [0, 0.05) is 6.04 Å². The van der Waals surface area contributed by atoms with Gasteiger partial charge in [-0.3, -0.25) is 0 Å². The summed E-state index contributed by atoms with van der Waals surface area (Å²) in [5.74, 6) is -0.306. The van der Waals surface area contributed by atoms with Gasteiger partial charge in [0.15, 0.2) is 9.84 Å². The second kappa shape index (κ2) is 4.74. The molecule has 1 heterocycles. The molecule has 1 aromatic rings. The van der Waals surface area contributed by atoms with Crippen LogP contribution in [0.25, 0.3) is 0 Å². The van der Waals surface area contributed by atoms with E-state index < -0.39 is 15.7 Å². The number of aryl methyl sites for hydroxylation is 1. The molecule has 1 aromatic carbocycles. The minimum Gasteiger partial charge on any atom is -0.313 e. The fraction of sp³-hybridized carbons (Fsp3) is 0.500. The van der Waals surface area contributed by atoms with E-state index in [1.807, 2.05) is 0 Å². The van der Waals surface area contributed by atoms with Crippen molar-refractivity contribution in [3.8, 4) is 0 Å². The van der Waals surface area contributed by atoms with E-state index in [4.69, 9.17) is 0 Å². The Morgan fingerprint density at radius 2 is 2.24 bits per heavy atom. The topological polar surface area (TPSA) is 46.2 Å². The number of benzene rings is 1. The van der Waals surface area contributed by atoms with Gasteiger partial charge in [-0.15, -0.1) is 0 Å². The summed E-state index contributed by atoms with van der Waals surface area (Å²) in [4.78, 5) is 0.243. The quantitative estimate of drug-likeness (QED) is 0.838. The maximum Gasteiger partial charge on any atom is 0.180 e. The molecule has 1 N–H and O–H groups in total. The second-order valence-electron chi connectivity index (χ2n) is 4.48. The Morgan fingerprint density at radius 3 is 2.82 bits per heavy atom. The van der Waals surface area contributed by atoms with E-state index in [1.165, 1.54) is 18.2 Å². The Kier molecular flexibility index (Phi) is 3.49. The van der Waals surface area contributed by atoms with E-state index in [1.54, 1.807) is 6.92 Å². The largest absolute Gasteiger partial charge is 0.313 e. The fourth-order valence-electron chi connectivity index (χ4n) is 2.22. The zero-order valence-electron chi connectivity index (χ0n) is 9.74. The number of hydrogen-bond donors (Lipinski definition) is 1. The third kappa shape index (κ3) is 2.84. The van der Waals surface area contributed by atoms with Gasteiger partial charge in [-0.2, -0.15) is 0 Å². The van der Waals surface area contributed by atoms with Crippen molar-refractivity contribution in [2.45, 2.75) is 30.7 Å². The lowest BCUT2D eigenvalue weighted by molar-refractivity contribution is 0.575. The minimum atomic E-state index is -3.32. The van der Waals surface area contributed by atoms with E-state index >= 15 is 0 Å². The van der Waals surface area contributed by atoms with Gasteiger partial charge in [0.05, 0.1) is 10.6 Å². The van der Waals surface area contributed by atoms with E-state index in [9.17, 15) is 12.8 Å². The molecular weight excluding hydrogens is 241 g/mol. The first kappa shape index (κ1) is 12.5. The van der Waals surface area contributed by atoms with E-state index in [0.29, 0.717) is 5.56 Å². The summed E-state index contributed by atoms with van der Waals surface area (Å²) in [6.07, 6.45) is 1.90. The Morgan fingerprint density at radius 1 is 1.47 bits per heavy atom. The molecule has 1 aliphatic heterocycles. The fourth-order valence-corrected chi connectivity index (χ4v) is 4.03. The predicted molar refractivity (Wildman–Crippen MR) is 64.2 cm³/mol. The first-order valence-electron chi connectivity index (χ1n) is 5.71. The summed E-state index contributed by atoms with van der Waals surface area (Å²) in [5, 5.41) is 3.16. The molecular formula is C12H16FNO2S. The SMILES string of the molecule is Cc1cc(F)ccc1S(=O)(=O)CC1CCCN1. The highest BCUT2D eigenvalue weighted by Crippen LogP contribution is 2.20. The third-order valence-corrected chi connectivity index (χ3v) is 5.02. The summed E-state index contributed by atoms with van der Waals surface area (Å²) >= 11 is 0. The van der Waals surface area contributed by atoms with Crippen molar-refractivity contribution >= 4 is 9.84 Å². The lowest BCUT2D eigenvalue weighted by Gasteiger charge is -2.12. The van der Waals surface area contributed by atoms with Crippen LogP contribution in [0.1, 0.15) is 18.4 Å². The van der Waals surface area contributed by atoms with E-state index in [2.05, 4.69) is 5.32 Å². The first-order valence-corrected chi connectivity index (χ1v) is 7.36. The number of rotatable bonds is 3. The van der Waals surface area contributed by atoms with Crippen LogP contribution in [0.5, 0.6) is 0 Å². The average Bonchev–Trinajstić information content (AvgIpc) is 2.68. The lowest BCUT2D eigenvalue weighted by atomic mass is 10.2. The maximum atomic E-state index is 12.9. The highest BCUT2D eigenvalue weighted by atomic mass is 32.2. The van der Waals surface area contributed by atoms with Gasteiger partial charge < -0.3 is 5.32 Å². The van der Waals surface area contributed by atoms with Gasteiger partial charge in [0.2, 0.25) is 0 Å². The van der Waals surface area contributed by atoms with Crippen molar-refractivity contribution in [1.29, 1.82) is 0 Å². The maximum absolute atomic E-state index is 12.9. The summed E-state index contributed by atoms with van der Waals surface area (Å²) in [6, 6.07) is 3.84. The van der Waals surface area contributed by atoms with Crippen LogP contribution in [0, 0.1) is 12.7 Å². The Labute approximate surface area is 101 Å². The van der Waals surface area contributed by atoms with Gasteiger partial charge in [0.25, 0.3) is 0 Å². The van der Waals surface area contributed by atoms with E-state index in [-0.39, 0.29) is 16.7 Å². The second-order valence-corrected chi connectivity index (χ2v) is 6.49. The molecule has 0 aliphatic carbocycles. The molecule has 2 rings (SSSR count). The monoisotopic (exact) mass is 257 g/mol. The van der Waals surface area contributed by atoms with Gasteiger partial charge in [-0.05, 0) is 50.1 Å². The van der Waals surface area contributed by atoms with Gasteiger partial charge >= 0.3 is 0 Å². The molecule has 5 heteroatoms. The molecule has 3 nitrogen and oxygen atoms in total. The van der Waals surface area contributed by atoms with Gasteiger partial charge in [-0.1, -0.05) is 0 Å². The van der Waals surface area contributed by atoms with Crippen LogP contribution >= 0.6 is 0 Å². The Bertz CT molecular complexity index is 507.